The molecule has 3 aromatic rings. The summed E-state index contributed by atoms with van der Waals surface area (Å²) in [7, 11) is 1.66. The predicted molar refractivity (Wildman–Crippen MR) is 105 cm³/mol. The van der Waals surface area contributed by atoms with Gasteiger partial charge in [0.1, 0.15) is 5.75 Å². The maximum absolute atomic E-state index is 12.4. The standard InChI is InChI=1S/C21H23N3O2/c1-3-24-18-10-9-16(26-2)13-17(18)19(22)20(24)14-5-7-15(8-6-14)21(25)23-11-4-12-23/h5-10,13H,3-4,11-12,22H2,1-2H3. The monoisotopic (exact) mass is 349 g/mol. The lowest BCUT2D eigenvalue weighted by molar-refractivity contribution is 0.0652. The second kappa shape index (κ2) is 6.41. The Morgan fingerprint density at radius 2 is 1.88 bits per heavy atom. The van der Waals surface area contributed by atoms with Gasteiger partial charge in [-0.2, -0.15) is 0 Å². The van der Waals surface area contributed by atoms with E-state index in [4.69, 9.17) is 10.5 Å². The molecular formula is C21H23N3O2. The summed E-state index contributed by atoms with van der Waals surface area (Å²) in [4.78, 5) is 14.2. The SMILES string of the molecule is CCn1c(-c2ccc(C(=O)N3CCC3)cc2)c(N)c2cc(OC)ccc21. The van der Waals surface area contributed by atoms with Crippen molar-refractivity contribution < 1.29 is 9.53 Å². The van der Waals surface area contributed by atoms with Gasteiger partial charge in [-0.25, -0.2) is 0 Å². The van der Waals surface area contributed by atoms with E-state index < -0.39 is 0 Å². The molecule has 1 aromatic heterocycles. The number of hydrogen-bond acceptors (Lipinski definition) is 3. The number of aromatic nitrogens is 1. The maximum atomic E-state index is 12.4. The molecule has 1 aliphatic heterocycles. The van der Waals surface area contributed by atoms with Crippen LogP contribution in [0, 0.1) is 0 Å². The van der Waals surface area contributed by atoms with Crippen LogP contribution in [0.15, 0.2) is 42.5 Å². The number of methoxy groups -OCH3 is 1. The van der Waals surface area contributed by atoms with E-state index >= 15 is 0 Å². The normalized spacial score (nSPS) is 13.7. The Labute approximate surface area is 153 Å². The van der Waals surface area contributed by atoms with Gasteiger partial charge in [0, 0.05) is 36.1 Å². The molecule has 5 nitrogen and oxygen atoms in total. The lowest BCUT2D eigenvalue weighted by Crippen LogP contribution is -2.41. The maximum Gasteiger partial charge on any atom is 0.253 e. The summed E-state index contributed by atoms with van der Waals surface area (Å²) in [5, 5.41) is 0.988. The Kier molecular flexibility index (Phi) is 4.07. The van der Waals surface area contributed by atoms with Crippen molar-refractivity contribution in [1.82, 2.24) is 9.47 Å². The van der Waals surface area contributed by atoms with Crippen molar-refractivity contribution in [2.45, 2.75) is 19.9 Å². The van der Waals surface area contributed by atoms with Gasteiger partial charge in [-0.1, -0.05) is 12.1 Å². The molecule has 0 aliphatic carbocycles. The molecule has 26 heavy (non-hydrogen) atoms. The van der Waals surface area contributed by atoms with Crippen LogP contribution in [-0.2, 0) is 6.54 Å². The van der Waals surface area contributed by atoms with Crippen LogP contribution < -0.4 is 10.5 Å². The highest BCUT2D eigenvalue weighted by Gasteiger charge is 2.22. The third-order valence-electron chi connectivity index (χ3n) is 5.17. The van der Waals surface area contributed by atoms with E-state index in [1.165, 1.54) is 0 Å². The number of anilines is 1. The van der Waals surface area contributed by atoms with Crippen LogP contribution in [0.5, 0.6) is 5.75 Å². The van der Waals surface area contributed by atoms with Crippen molar-refractivity contribution in [3.63, 3.8) is 0 Å². The minimum Gasteiger partial charge on any atom is -0.497 e. The van der Waals surface area contributed by atoms with Gasteiger partial charge in [-0.15, -0.1) is 0 Å². The van der Waals surface area contributed by atoms with Gasteiger partial charge in [0.25, 0.3) is 5.91 Å². The molecule has 0 radical (unpaired) electrons. The van der Waals surface area contributed by atoms with Gasteiger partial charge in [0.05, 0.1) is 24.0 Å². The second-order valence-electron chi connectivity index (χ2n) is 6.61. The molecule has 0 saturated carbocycles. The van der Waals surface area contributed by atoms with E-state index in [0.29, 0.717) is 0 Å². The zero-order valence-corrected chi connectivity index (χ0v) is 15.2. The number of ether oxygens (including phenoxy) is 1. The Hall–Kier alpha value is -2.95. The summed E-state index contributed by atoms with van der Waals surface area (Å²) in [6.07, 6.45) is 1.10. The van der Waals surface area contributed by atoms with Gasteiger partial charge in [-0.3, -0.25) is 4.79 Å². The molecule has 2 N–H and O–H groups in total. The van der Waals surface area contributed by atoms with E-state index in [0.717, 1.165) is 65.2 Å². The lowest BCUT2D eigenvalue weighted by atomic mass is 10.1. The van der Waals surface area contributed by atoms with Crippen molar-refractivity contribution in [2.24, 2.45) is 0 Å². The lowest BCUT2D eigenvalue weighted by Gasteiger charge is -2.30. The topological polar surface area (TPSA) is 60.5 Å². The highest BCUT2D eigenvalue weighted by atomic mass is 16.5. The third kappa shape index (κ3) is 2.51. The Bertz CT molecular complexity index is 969. The molecule has 1 aliphatic rings. The first-order chi connectivity index (χ1) is 12.6. The number of benzene rings is 2. The van der Waals surface area contributed by atoms with Crippen LogP contribution in [0.1, 0.15) is 23.7 Å². The molecule has 2 aromatic carbocycles. The summed E-state index contributed by atoms with van der Waals surface area (Å²) in [6, 6.07) is 13.7. The van der Waals surface area contributed by atoms with Gasteiger partial charge < -0.3 is 19.9 Å². The fourth-order valence-electron chi connectivity index (χ4n) is 3.60. The summed E-state index contributed by atoms with van der Waals surface area (Å²) in [5.41, 5.74) is 11.0. The number of carbonyl (C=O) groups excluding carboxylic acids is 1. The van der Waals surface area contributed by atoms with Gasteiger partial charge in [-0.05, 0) is 43.7 Å². The number of carbonyl (C=O) groups is 1. The van der Waals surface area contributed by atoms with E-state index in [1.807, 2.05) is 47.4 Å². The molecule has 1 amide bonds. The van der Waals surface area contributed by atoms with Crippen LogP contribution in [0.4, 0.5) is 5.69 Å². The van der Waals surface area contributed by atoms with E-state index in [9.17, 15) is 4.79 Å². The molecule has 134 valence electrons. The molecule has 0 unspecified atom stereocenters. The van der Waals surface area contributed by atoms with Gasteiger partial charge in [0.2, 0.25) is 0 Å². The number of likely N-dealkylation sites (tertiary alicyclic amines) is 1. The zero-order chi connectivity index (χ0) is 18.3. The quantitative estimate of drug-likeness (QED) is 0.780. The van der Waals surface area contributed by atoms with Crippen LogP contribution in [-0.4, -0.2) is 35.6 Å². The van der Waals surface area contributed by atoms with Crippen molar-refractivity contribution in [3.05, 3.63) is 48.0 Å². The van der Waals surface area contributed by atoms with Crippen LogP contribution >= 0.6 is 0 Å². The number of nitrogen functional groups attached to an aromatic ring is 1. The van der Waals surface area contributed by atoms with Crippen LogP contribution in [0.25, 0.3) is 22.2 Å². The van der Waals surface area contributed by atoms with E-state index in [1.54, 1.807) is 7.11 Å². The molecule has 0 atom stereocenters. The molecule has 2 heterocycles. The number of aryl methyl sites for hydroxylation is 1. The molecule has 1 fully saturated rings. The Morgan fingerprint density at radius 3 is 2.46 bits per heavy atom. The molecule has 0 bridgehead atoms. The number of fused-ring (bicyclic) bond motifs is 1. The highest BCUT2D eigenvalue weighted by Crippen LogP contribution is 2.37. The number of nitrogens with two attached hydrogens (primary N) is 1. The van der Waals surface area contributed by atoms with Crippen LogP contribution in [0.3, 0.4) is 0 Å². The molecule has 5 heteroatoms. The molecule has 1 saturated heterocycles. The van der Waals surface area contributed by atoms with E-state index in [-0.39, 0.29) is 5.91 Å². The summed E-state index contributed by atoms with van der Waals surface area (Å²) in [5.74, 6) is 0.899. The molecular weight excluding hydrogens is 326 g/mol. The van der Waals surface area contributed by atoms with Crippen molar-refractivity contribution >= 4 is 22.5 Å². The number of hydrogen-bond donors (Lipinski definition) is 1. The number of rotatable bonds is 4. The first-order valence-corrected chi connectivity index (χ1v) is 8.99. The van der Waals surface area contributed by atoms with Gasteiger partial charge in [0.15, 0.2) is 0 Å². The minimum absolute atomic E-state index is 0.108. The fourth-order valence-corrected chi connectivity index (χ4v) is 3.60. The van der Waals surface area contributed by atoms with Crippen molar-refractivity contribution in [3.8, 4) is 17.0 Å². The molecule has 4 rings (SSSR count). The van der Waals surface area contributed by atoms with Crippen LogP contribution in [0.2, 0.25) is 0 Å². The fraction of sp³-hybridized carbons (Fsp3) is 0.286. The minimum atomic E-state index is 0.108. The van der Waals surface area contributed by atoms with Crippen molar-refractivity contribution in [2.75, 3.05) is 25.9 Å². The summed E-state index contributed by atoms with van der Waals surface area (Å²) < 4.78 is 7.54. The average molecular weight is 349 g/mol. The smallest absolute Gasteiger partial charge is 0.253 e. The second-order valence-corrected chi connectivity index (χ2v) is 6.61. The van der Waals surface area contributed by atoms with Gasteiger partial charge >= 0.3 is 0 Å². The Morgan fingerprint density at radius 1 is 1.15 bits per heavy atom. The molecule has 0 spiro atoms. The van der Waals surface area contributed by atoms with Crippen molar-refractivity contribution in [1.29, 1.82) is 0 Å². The number of amides is 1. The zero-order valence-electron chi connectivity index (χ0n) is 15.2. The first-order valence-electron chi connectivity index (χ1n) is 8.99. The summed E-state index contributed by atoms with van der Waals surface area (Å²) >= 11 is 0. The third-order valence-corrected chi connectivity index (χ3v) is 5.17. The largest absolute Gasteiger partial charge is 0.497 e. The highest BCUT2D eigenvalue weighted by molar-refractivity contribution is 6.02. The first kappa shape index (κ1) is 16.5. The Balaban J connectivity index is 1.78. The van der Waals surface area contributed by atoms with E-state index in [2.05, 4.69) is 11.5 Å². The number of nitrogens with zero attached hydrogens (tertiary/aromatic N) is 2. The predicted octanol–water partition coefficient (Wildman–Crippen LogP) is 3.76. The summed E-state index contributed by atoms with van der Waals surface area (Å²) in [6.45, 7) is 4.64. The average Bonchev–Trinajstić information content (AvgIpc) is 2.91.